The summed E-state index contributed by atoms with van der Waals surface area (Å²) < 4.78 is 67.8. The normalized spacial score (nSPS) is 17.2. The summed E-state index contributed by atoms with van der Waals surface area (Å²) in [6, 6.07) is 25.6. The van der Waals surface area contributed by atoms with E-state index in [2.05, 4.69) is 16.0 Å². The highest BCUT2D eigenvalue weighted by atomic mass is 19.4. The van der Waals surface area contributed by atoms with Crippen molar-refractivity contribution in [3.8, 4) is 0 Å². The molecule has 4 N–H and O–H groups in total. The van der Waals surface area contributed by atoms with Crippen LogP contribution in [0.2, 0.25) is 0 Å². The fourth-order valence-corrected chi connectivity index (χ4v) is 5.93. The molecule has 0 aliphatic carbocycles. The van der Waals surface area contributed by atoms with Gasteiger partial charge in [-0.25, -0.2) is 14.0 Å². The number of amides is 3. The van der Waals surface area contributed by atoms with Gasteiger partial charge in [0.15, 0.2) is 0 Å². The first-order valence-corrected chi connectivity index (χ1v) is 16.3. The summed E-state index contributed by atoms with van der Waals surface area (Å²) in [5.41, 5.74) is 1.99. The number of hydrogen-bond donors (Lipinski definition) is 4. The molecule has 0 spiro atoms. The molecule has 270 valence electrons. The quantitative estimate of drug-likeness (QED) is 0.132. The molecule has 51 heavy (non-hydrogen) atoms. The van der Waals surface area contributed by atoms with Crippen LogP contribution in [-0.2, 0) is 25.4 Å². The number of nitrogens with one attached hydrogen (secondary N) is 4. The van der Waals surface area contributed by atoms with Gasteiger partial charge in [0.2, 0.25) is 5.91 Å². The van der Waals surface area contributed by atoms with Crippen LogP contribution in [0.15, 0.2) is 91.0 Å². The lowest BCUT2D eigenvalue weighted by Gasteiger charge is -2.30. The van der Waals surface area contributed by atoms with E-state index in [0.717, 1.165) is 21.9 Å². The van der Waals surface area contributed by atoms with E-state index in [1.807, 2.05) is 72.8 Å². The summed E-state index contributed by atoms with van der Waals surface area (Å²) in [6.07, 6.45) is -6.40. The summed E-state index contributed by atoms with van der Waals surface area (Å²) >= 11 is 0. The Morgan fingerprint density at radius 3 is 2.37 bits per heavy atom. The van der Waals surface area contributed by atoms with E-state index in [1.54, 1.807) is 11.4 Å². The maximum absolute atomic E-state index is 15.3. The number of carbonyl (C=O) groups is 3. The third kappa shape index (κ3) is 10.4. The predicted octanol–water partition coefficient (Wildman–Crippen LogP) is 6.05. The molecule has 1 fully saturated rings. The van der Waals surface area contributed by atoms with Crippen molar-refractivity contribution in [1.29, 1.82) is 0 Å². The Morgan fingerprint density at radius 2 is 1.67 bits per heavy atom. The smallest absolute Gasteiger partial charge is 0.407 e. The fraction of sp³-hybridized carbons (Fsp3) is 0.324. The summed E-state index contributed by atoms with van der Waals surface area (Å²) in [7, 11) is 1.20. The first kappa shape index (κ1) is 37.1. The molecule has 4 aromatic rings. The number of carbonyl (C=O) groups excluding carboxylic acids is 3. The second kappa shape index (κ2) is 17.1. The molecule has 14 heteroatoms. The van der Waals surface area contributed by atoms with Crippen LogP contribution in [0.4, 0.5) is 32.8 Å². The van der Waals surface area contributed by atoms with Gasteiger partial charge < -0.3 is 35.5 Å². The highest BCUT2D eigenvalue weighted by Gasteiger charge is 2.34. The molecule has 3 amide bonds. The predicted molar refractivity (Wildman–Crippen MR) is 182 cm³/mol. The van der Waals surface area contributed by atoms with Gasteiger partial charge in [0, 0.05) is 23.7 Å². The SMILES string of the molecule is COC(=O)N[C@H](C(=O)Nc1cccc(F)c1CC[C@@H]1CN[C@H](COC(=O)NCC(F)(F)F)CO1)[C@@H](c1ccccc1)c1ccc2ccccc2c1. The average molecular weight is 711 g/mol. The Bertz CT molecular complexity index is 1800. The molecule has 0 unspecified atom stereocenters. The van der Waals surface area contributed by atoms with Crippen LogP contribution in [0.5, 0.6) is 0 Å². The van der Waals surface area contributed by atoms with Gasteiger partial charge in [-0.05, 0) is 46.9 Å². The van der Waals surface area contributed by atoms with E-state index < -0.39 is 54.6 Å². The summed E-state index contributed by atoms with van der Waals surface area (Å²) in [6.45, 7) is -1.29. The van der Waals surface area contributed by atoms with Crippen molar-refractivity contribution in [2.75, 3.05) is 38.7 Å². The van der Waals surface area contributed by atoms with Crippen LogP contribution in [0.3, 0.4) is 0 Å². The molecule has 10 nitrogen and oxygen atoms in total. The summed E-state index contributed by atoms with van der Waals surface area (Å²) in [5.74, 6) is -1.78. The Kier molecular flexibility index (Phi) is 12.5. The molecule has 0 radical (unpaired) electrons. The Labute approximate surface area is 291 Å². The van der Waals surface area contributed by atoms with Gasteiger partial charge >= 0.3 is 18.4 Å². The molecule has 5 rings (SSSR count). The first-order valence-electron chi connectivity index (χ1n) is 16.3. The largest absolute Gasteiger partial charge is 0.453 e. The minimum absolute atomic E-state index is 0.106. The molecular weight excluding hydrogens is 672 g/mol. The number of halogens is 4. The van der Waals surface area contributed by atoms with Crippen molar-refractivity contribution in [2.24, 2.45) is 0 Å². The zero-order valence-corrected chi connectivity index (χ0v) is 27.7. The lowest BCUT2D eigenvalue weighted by molar-refractivity contribution is -0.124. The topological polar surface area (TPSA) is 127 Å². The number of fused-ring (bicyclic) bond motifs is 1. The van der Waals surface area contributed by atoms with Crippen molar-refractivity contribution in [1.82, 2.24) is 16.0 Å². The number of ether oxygens (including phenoxy) is 3. The van der Waals surface area contributed by atoms with Crippen LogP contribution < -0.4 is 21.3 Å². The van der Waals surface area contributed by atoms with Gasteiger partial charge in [0.1, 0.15) is 25.0 Å². The van der Waals surface area contributed by atoms with E-state index in [9.17, 15) is 27.6 Å². The number of hydrogen-bond acceptors (Lipinski definition) is 7. The number of benzene rings is 4. The number of alkyl halides is 3. The lowest BCUT2D eigenvalue weighted by atomic mass is 9.83. The lowest BCUT2D eigenvalue weighted by Crippen LogP contribution is -2.49. The number of morpholine rings is 1. The van der Waals surface area contributed by atoms with Gasteiger partial charge in [-0.3, -0.25) is 4.79 Å². The van der Waals surface area contributed by atoms with E-state index in [4.69, 9.17) is 14.2 Å². The number of methoxy groups -OCH3 is 1. The van der Waals surface area contributed by atoms with Crippen LogP contribution in [0.1, 0.15) is 29.0 Å². The zero-order chi connectivity index (χ0) is 36.4. The standard InChI is InChI=1S/C37H38F4N4O6/c1-49-36(48)45-33(32(24-9-3-2-4-10-24)26-15-14-23-8-5-6-11-25(23)18-26)34(46)44-31-13-7-12-30(38)29(31)17-16-28-19-42-27(20-50-28)21-51-35(47)43-22-37(39,40)41/h2-15,18,27-28,32-33,42H,16-17,19-22H2,1H3,(H,43,47)(H,44,46)(H,45,48)/t27-,28+,32-,33-/m0/s1. The molecule has 4 atom stereocenters. The van der Waals surface area contributed by atoms with Crippen molar-refractivity contribution >= 4 is 34.6 Å². The minimum atomic E-state index is -4.55. The number of anilines is 1. The van der Waals surface area contributed by atoms with Crippen LogP contribution in [0, 0.1) is 5.82 Å². The highest BCUT2D eigenvalue weighted by Crippen LogP contribution is 2.32. The second-order valence-corrected chi connectivity index (χ2v) is 12.0. The van der Waals surface area contributed by atoms with Gasteiger partial charge in [0.25, 0.3) is 0 Å². The Balaban J connectivity index is 1.28. The van der Waals surface area contributed by atoms with E-state index in [1.165, 1.54) is 19.2 Å². The maximum atomic E-state index is 15.3. The molecular formula is C37H38F4N4O6. The maximum Gasteiger partial charge on any atom is 0.407 e. The van der Waals surface area contributed by atoms with Gasteiger partial charge in [-0.2, -0.15) is 13.2 Å². The molecule has 1 heterocycles. The van der Waals surface area contributed by atoms with E-state index >= 15 is 4.39 Å². The molecule has 0 bridgehead atoms. The third-order valence-electron chi connectivity index (χ3n) is 8.48. The van der Waals surface area contributed by atoms with Crippen molar-refractivity contribution in [3.05, 3.63) is 114 Å². The average Bonchev–Trinajstić information content (AvgIpc) is 3.13. The minimum Gasteiger partial charge on any atom is -0.453 e. The van der Waals surface area contributed by atoms with Crippen molar-refractivity contribution in [3.63, 3.8) is 0 Å². The second-order valence-electron chi connectivity index (χ2n) is 12.0. The van der Waals surface area contributed by atoms with Crippen LogP contribution in [0.25, 0.3) is 10.8 Å². The van der Waals surface area contributed by atoms with Gasteiger partial charge in [-0.15, -0.1) is 0 Å². The van der Waals surface area contributed by atoms with Crippen LogP contribution >= 0.6 is 0 Å². The zero-order valence-electron chi connectivity index (χ0n) is 27.7. The molecule has 1 saturated heterocycles. The van der Waals surface area contributed by atoms with Crippen molar-refractivity contribution < 1.29 is 46.2 Å². The number of rotatable bonds is 12. The van der Waals surface area contributed by atoms with E-state index in [-0.39, 0.29) is 37.0 Å². The van der Waals surface area contributed by atoms with Crippen LogP contribution in [-0.4, -0.2) is 75.9 Å². The fourth-order valence-electron chi connectivity index (χ4n) is 5.93. The first-order chi connectivity index (χ1) is 24.5. The molecule has 4 aromatic carbocycles. The molecule has 1 aliphatic heterocycles. The number of alkyl carbamates (subject to hydrolysis) is 2. The molecule has 0 saturated carbocycles. The monoisotopic (exact) mass is 710 g/mol. The van der Waals surface area contributed by atoms with Crippen molar-refractivity contribution in [2.45, 2.75) is 43.1 Å². The summed E-state index contributed by atoms with van der Waals surface area (Å²) in [5, 5.41) is 12.3. The van der Waals surface area contributed by atoms with E-state index in [0.29, 0.717) is 13.0 Å². The highest BCUT2D eigenvalue weighted by molar-refractivity contribution is 5.98. The molecule has 1 aliphatic rings. The van der Waals surface area contributed by atoms with Gasteiger partial charge in [0.05, 0.1) is 25.9 Å². The van der Waals surface area contributed by atoms with Gasteiger partial charge in [-0.1, -0.05) is 78.9 Å². The third-order valence-corrected chi connectivity index (χ3v) is 8.48. The Hall–Kier alpha value is -5.21. The summed E-state index contributed by atoms with van der Waals surface area (Å²) in [4.78, 5) is 38.4. The molecule has 0 aromatic heterocycles. The Morgan fingerprint density at radius 1 is 0.922 bits per heavy atom.